The van der Waals surface area contributed by atoms with E-state index in [-0.39, 0.29) is 11.9 Å². The van der Waals surface area contributed by atoms with Crippen LogP contribution in [0.15, 0.2) is 0 Å². The summed E-state index contributed by atoms with van der Waals surface area (Å²) in [6, 6.07) is 0.176. The maximum atomic E-state index is 11.7. The van der Waals surface area contributed by atoms with E-state index in [1.165, 1.54) is 0 Å². The molecular formula is C11H22N2O2. The first-order valence-electron chi connectivity index (χ1n) is 5.85. The van der Waals surface area contributed by atoms with Gasteiger partial charge in [-0.15, -0.1) is 0 Å². The van der Waals surface area contributed by atoms with E-state index in [0.717, 1.165) is 39.0 Å². The van der Waals surface area contributed by atoms with Crippen molar-refractivity contribution in [2.75, 3.05) is 26.3 Å². The maximum Gasteiger partial charge on any atom is 0.222 e. The van der Waals surface area contributed by atoms with E-state index in [1.54, 1.807) is 0 Å². The molecule has 0 aromatic rings. The fourth-order valence-corrected chi connectivity index (χ4v) is 1.86. The summed E-state index contributed by atoms with van der Waals surface area (Å²) in [5, 5.41) is 0. The number of piperidine rings is 1. The number of nitrogens with two attached hydrogens (primary N) is 1. The molecule has 0 aromatic carbocycles. The Morgan fingerprint density at radius 2 is 2.40 bits per heavy atom. The van der Waals surface area contributed by atoms with Gasteiger partial charge in [0.2, 0.25) is 5.91 Å². The lowest BCUT2D eigenvalue weighted by Crippen LogP contribution is -2.45. The Balaban J connectivity index is 2.15. The number of likely N-dealkylation sites (tertiary alicyclic amines) is 1. The molecule has 1 aliphatic heterocycles. The number of carbonyl (C=O) groups is 1. The normalized spacial score (nSPS) is 21.7. The molecule has 1 atom stereocenters. The first-order valence-corrected chi connectivity index (χ1v) is 5.85. The Morgan fingerprint density at radius 3 is 3.07 bits per heavy atom. The largest absolute Gasteiger partial charge is 0.382 e. The molecule has 0 aromatic heterocycles. The minimum Gasteiger partial charge on any atom is -0.382 e. The number of hydrogen-bond acceptors (Lipinski definition) is 3. The van der Waals surface area contributed by atoms with Crippen LogP contribution in [-0.4, -0.2) is 43.2 Å². The van der Waals surface area contributed by atoms with Crippen LogP contribution >= 0.6 is 0 Å². The van der Waals surface area contributed by atoms with Gasteiger partial charge in [-0.2, -0.15) is 0 Å². The maximum absolute atomic E-state index is 11.7. The molecule has 0 unspecified atom stereocenters. The molecule has 4 heteroatoms. The van der Waals surface area contributed by atoms with E-state index < -0.39 is 0 Å². The number of hydrogen-bond donors (Lipinski definition) is 1. The molecule has 0 radical (unpaired) electrons. The van der Waals surface area contributed by atoms with Crippen molar-refractivity contribution < 1.29 is 9.53 Å². The van der Waals surface area contributed by atoms with Crippen LogP contribution < -0.4 is 5.73 Å². The highest BCUT2D eigenvalue weighted by molar-refractivity contribution is 5.76. The molecule has 1 aliphatic rings. The van der Waals surface area contributed by atoms with Crippen molar-refractivity contribution in [3.63, 3.8) is 0 Å². The van der Waals surface area contributed by atoms with Crippen LogP contribution in [0.4, 0.5) is 0 Å². The minimum absolute atomic E-state index is 0.176. The predicted molar refractivity (Wildman–Crippen MR) is 59.5 cm³/mol. The number of amides is 1. The van der Waals surface area contributed by atoms with Crippen molar-refractivity contribution in [3.05, 3.63) is 0 Å². The summed E-state index contributed by atoms with van der Waals surface area (Å²) in [5.41, 5.74) is 5.82. The van der Waals surface area contributed by atoms with Crippen molar-refractivity contribution in [2.45, 2.75) is 38.6 Å². The van der Waals surface area contributed by atoms with Crippen molar-refractivity contribution in [1.82, 2.24) is 4.90 Å². The van der Waals surface area contributed by atoms with Crippen LogP contribution in [0.2, 0.25) is 0 Å². The summed E-state index contributed by atoms with van der Waals surface area (Å²) >= 11 is 0. The molecule has 0 bridgehead atoms. The van der Waals surface area contributed by atoms with E-state index in [0.29, 0.717) is 13.0 Å². The summed E-state index contributed by atoms with van der Waals surface area (Å²) in [7, 11) is 0. The molecule has 1 heterocycles. The van der Waals surface area contributed by atoms with Crippen LogP contribution in [0.3, 0.4) is 0 Å². The fraction of sp³-hybridized carbons (Fsp3) is 0.909. The van der Waals surface area contributed by atoms with E-state index in [4.69, 9.17) is 10.5 Å². The topological polar surface area (TPSA) is 55.6 Å². The lowest BCUT2D eigenvalue weighted by molar-refractivity contribution is -0.132. The zero-order chi connectivity index (χ0) is 11.1. The molecule has 0 aliphatic carbocycles. The number of ether oxygens (including phenoxy) is 1. The van der Waals surface area contributed by atoms with Crippen LogP contribution in [-0.2, 0) is 9.53 Å². The summed E-state index contributed by atoms with van der Waals surface area (Å²) < 4.78 is 5.20. The van der Waals surface area contributed by atoms with Gasteiger partial charge in [0.1, 0.15) is 0 Å². The van der Waals surface area contributed by atoms with Gasteiger partial charge >= 0.3 is 0 Å². The van der Waals surface area contributed by atoms with Gasteiger partial charge < -0.3 is 15.4 Å². The van der Waals surface area contributed by atoms with Gasteiger partial charge in [0.15, 0.2) is 0 Å². The second-order valence-corrected chi connectivity index (χ2v) is 4.04. The third-order valence-electron chi connectivity index (χ3n) is 2.69. The molecule has 1 saturated heterocycles. The summed E-state index contributed by atoms with van der Waals surface area (Å²) in [6.07, 6.45) is 3.49. The molecule has 1 rings (SSSR count). The molecule has 88 valence electrons. The quantitative estimate of drug-likeness (QED) is 0.687. The van der Waals surface area contributed by atoms with Crippen molar-refractivity contribution >= 4 is 5.91 Å². The molecule has 1 amide bonds. The van der Waals surface area contributed by atoms with Gasteiger partial charge in [0.25, 0.3) is 0 Å². The highest BCUT2D eigenvalue weighted by Crippen LogP contribution is 2.10. The van der Waals surface area contributed by atoms with E-state index in [2.05, 4.69) is 0 Å². The lowest BCUT2D eigenvalue weighted by Gasteiger charge is -2.30. The molecule has 0 spiro atoms. The predicted octanol–water partition coefficient (Wildman–Crippen LogP) is 0.753. The number of rotatable bonds is 5. The zero-order valence-electron chi connectivity index (χ0n) is 9.58. The Labute approximate surface area is 91.8 Å². The van der Waals surface area contributed by atoms with Crippen molar-refractivity contribution in [1.29, 1.82) is 0 Å². The number of carbonyl (C=O) groups excluding carboxylic acids is 1. The summed E-state index contributed by atoms with van der Waals surface area (Å²) in [5.74, 6) is 0.227. The fourth-order valence-electron chi connectivity index (χ4n) is 1.86. The Kier molecular flexibility index (Phi) is 5.65. The molecular weight excluding hydrogens is 192 g/mol. The smallest absolute Gasteiger partial charge is 0.222 e. The average Bonchev–Trinajstić information content (AvgIpc) is 2.24. The van der Waals surface area contributed by atoms with E-state index in [9.17, 15) is 4.79 Å². The monoisotopic (exact) mass is 214 g/mol. The Hall–Kier alpha value is -0.610. The van der Waals surface area contributed by atoms with Gasteiger partial charge in [-0.3, -0.25) is 4.79 Å². The van der Waals surface area contributed by atoms with Crippen LogP contribution in [0.1, 0.15) is 32.6 Å². The first kappa shape index (κ1) is 12.5. The Morgan fingerprint density at radius 1 is 1.60 bits per heavy atom. The second-order valence-electron chi connectivity index (χ2n) is 4.04. The molecule has 4 nitrogen and oxygen atoms in total. The minimum atomic E-state index is 0.176. The molecule has 0 saturated carbocycles. The standard InChI is InChI=1S/C11H22N2O2/c1-2-15-8-4-6-11(14)13-7-3-5-10(12)9-13/h10H,2-9,12H2,1H3/t10-/m1/s1. The van der Waals surface area contributed by atoms with Crippen molar-refractivity contribution in [3.8, 4) is 0 Å². The van der Waals surface area contributed by atoms with Crippen LogP contribution in [0.25, 0.3) is 0 Å². The number of nitrogens with zero attached hydrogens (tertiary/aromatic N) is 1. The van der Waals surface area contributed by atoms with Crippen molar-refractivity contribution in [2.24, 2.45) is 5.73 Å². The van der Waals surface area contributed by atoms with E-state index >= 15 is 0 Å². The molecule has 15 heavy (non-hydrogen) atoms. The second kappa shape index (κ2) is 6.80. The van der Waals surface area contributed by atoms with Gasteiger partial charge in [-0.05, 0) is 26.2 Å². The van der Waals surface area contributed by atoms with E-state index in [1.807, 2.05) is 11.8 Å². The highest BCUT2D eigenvalue weighted by atomic mass is 16.5. The van der Waals surface area contributed by atoms with Gasteiger partial charge in [0, 0.05) is 38.8 Å². The van der Waals surface area contributed by atoms with Gasteiger partial charge in [-0.1, -0.05) is 0 Å². The Bertz CT molecular complexity index is 197. The zero-order valence-corrected chi connectivity index (χ0v) is 9.58. The third-order valence-corrected chi connectivity index (χ3v) is 2.69. The third kappa shape index (κ3) is 4.62. The summed E-state index contributed by atoms with van der Waals surface area (Å²) in [6.45, 7) is 4.98. The van der Waals surface area contributed by atoms with Crippen LogP contribution in [0.5, 0.6) is 0 Å². The van der Waals surface area contributed by atoms with Crippen LogP contribution in [0, 0.1) is 0 Å². The van der Waals surface area contributed by atoms with Gasteiger partial charge in [-0.25, -0.2) is 0 Å². The highest BCUT2D eigenvalue weighted by Gasteiger charge is 2.20. The van der Waals surface area contributed by atoms with Gasteiger partial charge in [0.05, 0.1) is 0 Å². The lowest BCUT2D eigenvalue weighted by atomic mass is 10.1. The summed E-state index contributed by atoms with van der Waals surface area (Å²) in [4.78, 5) is 13.6. The molecule has 1 fully saturated rings. The molecule has 2 N–H and O–H groups in total. The SMILES string of the molecule is CCOCCCC(=O)N1CCC[C@@H](N)C1. The first-order chi connectivity index (χ1) is 7.24. The average molecular weight is 214 g/mol.